The normalized spacial score (nSPS) is 18.9. The number of amides is 2. The molecule has 6 nitrogen and oxygen atoms in total. The summed E-state index contributed by atoms with van der Waals surface area (Å²) in [5.74, 6) is 0.548. The molecule has 1 aromatic heterocycles. The Hall–Kier alpha value is -2.41. The van der Waals surface area contributed by atoms with E-state index in [-0.39, 0.29) is 17.7 Å². The zero-order valence-electron chi connectivity index (χ0n) is 15.4. The molecule has 1 atom stereocenters. The molecule has 2 amide bonds. The lowest BCUT2D eigenvalue weighted by atomic mass is 9.90. The van der Waals surface area contributed by atoms with Crippen LogP contribution in [-0.2, 0) is 11.2 Å². The first-order chi connectivity index (χ1) is 13.2. The molecular weight excluding hydrogens is 362 g/mol. The maximum atomic E-state index is 12.9. The molecule has 142 valence electrons. The number of ether oxygens (including phenoxy) is 1. The molecule has 0 unspecified atom stereocenters. The summed E-state index contributed by atoms with van der Waals surface area (Å²) in [5, 5.41) is 3.46. The quantitative estimate of drug-likeness (QED) is 0.875. The molecule has 2 aliphatic rings. The molecule has 1 aromatic carbocycles. The van der Waals surface area contributed by atoms with Crippen LogP contribution in [0.25, 0.3) is 0 Å². The van der Waals surface area contributed by atoms with Crippen molar-refractivity contribution in [1.82, 2.24) is 9.88 Å². The Kier molecular flexibility index (Phi) is 5.11. The number of aromatic nitrogens is 1. The highest BCUT2D eigenvalue weighted by Gasteiger charge is 2.34. The summed E-state index contributed by atoms with van der Waals surface area (Å²) in [7, 11) is 1.59. The van der Waals surface area contributed by atoms with Crippen LogP contribution in [-0.4, -0.2) is 41.9 Å². The first-order valence-electron chi connectivity index (χ1n) is 9.39. The van der Waals surface area contributed by atoms with Gasteiger partial charge >= 0.3 is 0 Å². The Bertz CT molecular complexity index is 841. The summed E-state index contributed by atoms with van der Waals surface area (Å²) in [4.78, 5) is 33.1. The van der Waals surface area contributed by atoms with Crippen LogP contribution in [0.15, 0.2) is 24.3 Å². The monoisotopic (exact) mass is 385 g/mol. The third kappa shape index (κ3) is 3.69. The van der Waals surface area contributed by atoms with Gasteiger partial charge in [0, 0.05) is 23.5 Å². The molecule has 4 rings (SSSR count). The molecule has 0 saturated carbocycles. The van der Waals surface area contributed by atoms with Crippen LogP contribution in [0.2, 0.25) is 0 Å². The van der Waals surface area contributed by atoms with Gasteiger partial charge in [0.15, 0.2) is 5.13 Å². The van der Waals surface area contributed by atoms with Gasteiger partial charge in [0.1, 0.15) is 5.75 Å². The molecule has 1 aliphatic heterocycles. The first-order valence-corrected chi connectivity index (χ1v) is 10.2. The summed E-state index contributed by atoms with van der Waals surface area (Å²) in [5.41, 5.74) is 1.42. The van der Waals surface area contributed by atoms with Gasteiger partial charge in [-0.25, -0.2) is 4.98 Å². The largest absolute Gasteiger partial charge is 0.497 e. The van der Waals surface area contributed by atoms with E-state index in [1.165, 1.54) is 11.3 Å². The number of anilines is 1. The molecule has 7 heteroatoms. The number of aryl methyl sites for hydroxylation is 1. The fourth-order valence-corrected chi connectivity index (χ4v) is 4.84. The molecule has 1 saturated heterocycles. The van der Waals surface area contributed by atoms with Gasteiger partial charge in [-0.2, -0.15) is 0 Å². The minimum Gasteiger partial charge on any atom is -0.497 e. The van der Waals surface area contributed by atoms with Crippen LogP contribution in [0.3, 0.4) is 0 Å². The van der Waals surface area contributed by atoms with Crippen molar-refractivity contribution in [3.8, 4) is 5.75 Å². The van der Waals surface area contributed by atoms with Gasteiger partial charge in [0.2, 0.25) is 5.91 Å². The lowest BCUT2D eigenvalue weighted by Crippen LogP contribution is -2.34. The predicted octanol–water partition coefficient (Wildman–Crippen LogP) is 3.45. The second-order valence-corrected chi connectivity index (χ2v) is 8.07. The van der Waals surface area contributed by atoms with Crippen molar-refractivity contribution >= 4 is 28.3 Å². The highest BCUT2D eigenvalue weighted by molar-refractivity contribution is 7.15. The van der Waals surface area contributed by atoms with Crippen LogP contribution in [0.5, 0.6) is 5.75 Å². The van der Waals surface area contributed by atoms with Gasteiger partial charge in [-0.05, 0) is 56.4 Å². The van der Waals surface area contributed by atoms with E-state index < -0.39 is 0 Å². The fraction of sp³-hybridized carbons (Fsp3) is 0.450. The van der Waals surface area contributed by atoms with E-state index in [1.54, 1.807) is 31.4 Å². The lowest BCUT2D eigenvalue weighted by molar-refractivity contribution is -0.132. The third-order valence-electron chi connectivity index (χ3n) is 5.24. The third-order valence-corrected chi connectivity index (χ3v) is 6.29. The Morgan fingerprint density at radius 2 is 1.93 bits per heavy atom. The van der Waals surface area contributed by atoms with Crippen molar-refractivity contribution in [2.75, 3.05) is 25.5 Å². The minimum atomic E-state index is -0.203. The van der Waals surface area contributed by atoms with Crippen molar-refractivity contribution < 1.29 is 14.3 Å². The van der Waals surface area contributed by atoms with Crippen molar-refractivity contribution in [3.05, 3.63) is 40.4 Å². The van der Waals surface area contributed by atoms with Crippen LogP contribution in [0, 0.1) is 0 Å². The van der Waals surface area contributed by atoms with Gasteiger partial charge in [-0.1, -0.05) is 0 Å². The number of hydrogen-bond acceptors (Lipinski definition) is 5. The summed E-state index contributed by atoms with van der Waals surface area (Å²) in [6.45, 7) is 1.71. The number of hydrogen-bond donors (Lipinski definition) is 1. The highest BCUT2D eigenvalue weighted by Crippen LogP contribution is 2.38. The smallest absolute Gasteiger partial charge is 0.257 e. The molecule has 1 fully saturated rings. The number of rotatable bonds is 4. The van der Waals surface area contributed by atoms with E-state index in [2.05, 4.69) is 10.3 Å². The molecule has 0 bridgehead atoms. The summed E-state index contributed by atoms with van der Waals surface area (Å²) < 4.78 is 5.12. The standard InChI is InChI=1S/C20H23N3O3S/c1-26-14-9-7-13(8-10-14)18(24)22-20-21-17-15(5-4-6-16(17)27-20)19(25)23-11-2-3-12-23/h7-10,15H,2-6,11-12H2,1H3,(H,21,22,24)/t15-/m1/s1. The van der Waals surface area contributed by atoms with Crippen molar-refractivity contribution in [1.29, 1.82) is 0 Å². The number of fused-ring (bicyclic) bond motifs is 1. The molecular formula is C20H23N3O3S. The van der Waals surface area contributed by atoms with Crippen LogP contribution in [0.1, 0.15) is 52.5 Å². The Balaban J connectivity index is 1.50. The highest BCUT2D eigenvalue weighted by atomic mass is 32.1. The van der Waals surface area contributed by atoms with Crippen molar-refractivity contribution in [2.24, 2.45) is 0 Å². The predicted molar refractivity (Wildman–Crippen MR) is 105 cm³/mol. The number of likely N-dealkylation sites (tertiary alicyclic amines) is 1. The van der Waals surface area contributed by atoms with Gasteiger partial charge < -0.3 is 9.64 Å². The number of methoxy groups -OCH3 is 1. The summed E-state index contributed by atoms with van der Waals surface area (Å²) in [6.07, 6.45) is 4.94. The Morgan fingerprint density at radius 3 is 2.63 bits per heavy atom. The van der Waals surface area contributed by atoms with Crippen molar-refractivity contribution in [2.45, 2.75) is 38.0 Å². The minimum absolute atomic E-state index is 0.158. The van der Waals surface area contributed by atoms with Crippen LogP contribution in [0.4, 0.5) is 5.13 Å². The number of nitrogens with zero attached hydrogens (tertiary/aromatic N) is 2. The molecule has 27 heavy (non-hydrogen) atoms. The van der Waals surface area contributed by atoms with Gasteiger partial charge in [-0.3, -0.25) is 14.9 Å². The maximum Gasteiger partial charge on any atom is 0.257 e. The molecule has 1 aliphatic carbocycles. The van der Waals surface area contributed by atoms with Crippen LogP contribution < -0.4 is 10.1 Å². The van der Waals surface area contributed by atoms with E-state index in [4.69, 9.17) is 4.74 Å². The van der Waals surface area contributed by atoms with E-state index in [9.17, 15) is 9.59 Å². The zero-order chi connectivity index (χ0) is 18.8. The molecule has 1 N–H and O–H groups in total. The lowest BCUT2D eigenvalue weighted by Gasteiger charge is -2.25. The molecule has 0 radical (unpaired) electrons. The molecule has 0 spiro atoms. The van der Waals surface area contributed by atoms with Crippen molar-refractivity contribution in [3.63, 3.8) is 0 Å². The number of carbonyl (C=O) groups is 2. The van der Waals surface area contributed by atoms with E-state index in [1.807, 2.05) is 4.90 Å². The Morgan fingerprint density at radius 1 is 1.19 bits per heavy atom. The first kappa shape index (κ1) is 18.0. The fourth-order valence-electron chi connectivity index (χ4n) is 3.78. The van der Waals surface area contributed by atoms with E-state index in [0.717, 1.165) is 55.8 Å². The van der Waals surface area contributed by atoms with Gasteiger partial charge in [-0.15, -0.1) is 11.3 Å². The second-order valence-electron chi connectivity index (χ2n) is 6.99. The average molecular weight is 385 g/mol. The van der Waals surface area contributed by atoms with E-state index >= 15 is 0 Å². The number of carbonyl (C=O) groups excluding carboxylic acids is 2. The topological polar surface area (TPSA) is 71.5 Å². The Labute approximate surface area is 162 Å². The number of nitrogens with one attached hydrogen (secondary N) is 1. The number of thiazole rings is 1. The summed E-state index contributed by atoms with van der Waals surface area (Å²) in [6, 6.07) is 6.96. The molecule has 2 aromatic rings. The average Bonchev–Trinajstić information content (AvgIpc) is 3.36. The van der Waals surface area contributed by atoms with E-state index in [0.29, 0.717) is 16.4 Å². The second kappa shape index (κ2) is 7.68. The SMILES string of the molecule is COc1ccc(C(=O)Nc2nc3c(s2)CCC[C@H]3C(=O)N2CCCC2)cc1. The zero-order valence-corrected chi connectivity index (χ0v) is 16.2. The number of benzene rings is 1. The maximum absolute atomic E-state index is 12.9. The van der Waals surface area contributed by atoms with Crippen LogP contribution >= 0.6 is 11.3 Å². The molecule has 2 heterocycles. The van der Waals surface area contributed by atoms with Gasteiger partial charge in [0.05, 0.1) is 18.7 Å². The summed E-state index contributed by atoms with van der Waals surface area (Å²) >= 11 is 1.49. The van der Waals surface area contributed by atoms with Gasteiger partial charge in [0.25, 0.3) is 5.91 Å².